The van der Waals surface area contributed by atoms with Crippen LogP contribution in [0.1, 0.15) is 72.1 Å². The van der Waals surface area contributed by atoms with E-state index in [1.54, 1.807) is 0 Å². The molecule has 0 aromatic rings. The summed E-state index contributed by atoms with van der Waals surface area (Å²) in [5.41, 5.74) is 0.239. The zero-order valence-electron chi connectivity index (χ0n) is 21.1. The highest BCUT2D eigenvalue weighted by Crippen LogP contribution is 2.48. The molecule has 2 atom stereocenters. The van der Waals surface area contributed by atoms with E-state index >= 15 is 0 Å². The lowest BCUT2D eigenvalue weighted by Gasteiger charge is -2.46. The van der Waals surface area contributed by atoms with Gasteiger partial charge in [0.1, 0.15) is 25.4 Å². The van der Waals surface area contributed by atoms with Gasteiger partial charge in [-0.3, -0.25) is 4.79 Å². The van der Waals surface area contributed by atoms with Crippen LogP contribution in [0.15, 0.2) is 12.7 Å². The second kappa shape index (κ2) is 14.2. The van der Waals surface area contributed by atoms with Gasteiger partial charge < -0.3 is 29.2 Å². The van der Waals surface area contributed by atoms with E-state index in [4.69, 9.17) is 18.9 Å². The number of rotatable bonds is 13. The quantitative estimate of drug-likeness (QED) is 0.303. The Morgan fingerprint density at radius 3 is 1.62 bits per heavy atom. The van der Waals surface area contributed by atoms with Crippen LogP contribution in [-0.2, 0) is 28.5 Å². The maximum atomic E-state index is 11.1. The molecule has 2 saturated carbocycles. The minimum Gasteiger partial charge on any atom is -0.463 e. The lowest BCUT2D eigenvalue weighted by atomic mass is 9.60. The van der Waals surface area contributed by atoms with Gasteiger partial charge >= 0.3 is 11.9 Å². The average molecular weight is 485 g/mol. The van der Waals surface area contributed by atoms with E-state index in [1.165, 1.54) is 6.92 Å². The monoisotopic (exact) mass is 484 g/mol. The Balaban J connectivity index is 1.66. The van der Waals surface area contributed by atoms with Gasteiger partial charge in [-0.05, 0) is 68.6 Å². The smallest absolute Gasteiger partial charge is 0.330 e. The van der Waals surface area contributed by atoms with E-state index < -0.39 is 24.1 Å². The predicted octanol–water partition coefficient (Wildman–Crippen LogP) is 3.18. The number of carbonyl (C=O) groups is 2. The predicted molar refractivity (Wildman–Crippen MR) is 127 cm³/mol. The minimum absolute atomic E-state index is 0.0220. The van der Waals surface area contributed by atoms with Gasteiger partial charge in [-0.15, -0.1) is 0 Å². The number of hydrogen-bond acceptors (Lipinski definition) is 8. The summed E-state index contributed by atoms with van der Waals surface area (Å²) >= 11 is 0. The lowest BCUT2D eigenvalue weighted by Crippen LogP contribution is -2.39. The molecule has 0 heterocycles. The molecule has 0 aliphatic heterocycles. The van der Waals surface area contributed by atoms with Gasteiger partial charge in [-0.1, -0.05) is 20.4 Å². The molecule has 0 radical (unpaired) electrons. The van der Waals surface area contributed by atoms with Crippen molar-refractivity contribution >= 4 is 11.9 Å². The highest BCUT2D eigenvalue weighted by molar-refractivity contribution is 5.81. The fourth-order valence-corrected chi connectivity index (χ4v) is 5.32. The van der Waals surface area contributed by atoms with Crippen LogP contribution in [0.3, 0.4) is 0 Å². The molecule has 196 valence electrons. The van der Waals surface area contributed by atoms with Gasteiger partial charge in [0.05, 0.1) is 25.4 Å². The first-order valence-electron chi connectivity index (χ1n) is 12.6. The van der Waals surface area contributed by atoms with Crippen LogP contribution in [0.25, 0.3) is 0 Å². The molecule has 2 unspecified atom stereocenters. The van der Waals surface area contributed by atoms with Gasteiger partial charge in [-0.2, -0.15) is 0 Å². The number of hydrogen-bond donors (Lipinski definition) is 2. The van der Waals surface area contributed by atoms with Crippen LogP contribution in [-0.4, -0.2) is 73.0 Å². The van der Waals surface area contributed by atoms with Crippen molar-refractivity contribution in [3.05, 3.63) is 12.7 Å². The van der Waals surface area contributed by atoms with Crippen molar-refractivity contribution in [2.24, 2.45) is 17.3 Å². The number of esters is 2. The molecule has 0 aromatic heterocycles. The molecular weight excluding hydrogens is 440 g/mol. The number of aliphatic hydroxyl groups is 2. The molecule has 0 aromatic carbocycles. The Hall–Kier alpha value is -1.48. The molecule has 34 heavy (non-hydrogen) atoms. The molecule has 2 aliphatic rings. The molecular formula is C26H44O8. The third kappa shape index (κ3) is 9.64. The molecule has 2 N–H and O–H groups in total. The lowest BCUT2D eigenvalue weighted by molar-refractivity contribution is -0.146. The molecule has 2 rings (SSSR count). The first-order chi connectivity index (χ1) is 16.1. The molecule has 0 bridgehead atoms. The van der Waals surface area contributed by atoms with Crippen molar-refractivity contribution in [2.45, 2.75) is 96.6 Å². The Labute approximate surface area is 204 Å². The molecule has 0 saturated heterocycles. The number of aliphatic hydroxyl groups excluding tert-OH is 2. The molecule has 0 spiro atoms. The Kier molecular flexibility index (Phi) is 12.0. The van der Waals surface area contributed by atoms with Crippen LogP contribution in [0.2, 0.25) is 0 Å². The first-order valence-corrected chi connectivity index (χ1v) is 12.6. The summed E-state index contributed by atoms with van der Waals surface area (Å²) in [6.45, 7) is 9.71. The molecule has 8 nitrogen and oxygen atoms in total. The van der Waals surface area contributed by atoms with Crippen LogP contribution < -0.4 is 0 Å². The fourth-order valence-electron chi connectivity index (χ4n) is 5.32. The van der Waals surface area contributed by atoms with E-state index in [0.29, 0.717) is 11.8 Å². The number of carbonyl (C=O) groups excluding carboxylic acids is 2. The second-order valence-electron chi connectivity index (χ2n) is 10.4. The van der Waals surface area contributed by atoms with E-state index in [1.807, 2.05) is 0 Å². The zero-order valence-corrected chi connectivity index (χ0v) is 21.1. The SMILES string of the molecule is C=CC(=O)OCC(O)COC1CCC(C(C)(C)C2CCC(OCC(O)COC(C)=O)CC2)CC1. The molecule has 2 fully saturated rings. The van der Waals surface area contributed by atoms with Crippen molar-refractivity contribution in [3.63, 3.8) is 0 Å². The van der Waals surface area contributed by atoms with Gasteiger partial charge in [0.15, 0.2) is 0 Å². The third-order valence-electron chi connectivity index (χ3n) is 7.57. The second-order valence-corrected chi connectivity index (χ2v) is 10.4. The van der Waals surface area contributed by atoms with Gasteiger partial charge in [0.25, 0.3) is 0 Å². The van der Waals surface area contributed by atoms with E-state index in [2.05, 4.69) is 20.4 Å². The van der Waals surface area contributed by atoms with Crippen molar-refractivity contribution in [1.82, 2.24) is 0 Å². The highest BCUT2D eigenvalue weighted by Gasteiger charge is 2.40. The maximum absolute atomic E-state index is 11.1. The fraction of sp³-hybridized carbons (Fsp3) is 0.846. The zero-order chi connectivity index (χ0) is 25.1. The van der Waals surface area contributed by atoms with Crippen molar-refractivity contribution in [2.75, 3.05) is 26.4 Å². The largest absolute Gasteiger partial charge is 0.463 e. The topological polar surface area (TPSA) is 112 Å². The number of ether oxygens (including phenoxy) is 4. The first kappa shape index (κ1) is 28.8. The molecule has 2 aliphatic carbocycles. The van der Waals surface area contributed by atoms with Gasteiger partial charge in [-0.25, -0.2) is 4.79 Å². The van der Waals surface area contributed by atoms with Crippen LogP contribution in [0.5, 0.6) is 0 Å². The van der Waals surface area contributed by atoms with Crippen molar-refractivity contribution < 1.29 is 38.7 Å². The summed E-state index contributed by atoms with van der Waals surface area (Å²) in [5.74, 6) is 0.340. The summed E-state index contributed by atoms with van der Waals surface area (Å²) in [6.07, 6.45) is 8.15. The molecule has 8 heteroatoms. The van der Waals surface area contributed by atoms with Crippen molar-refractivity contribution in [1.29, 1.82) is 0 Å². The summed E-state index contributed by atoms with van der Waals surface area (Å²) in [6, 6.07) is 0. The normalized spacial score (nSPS) is 27.4. The van der Waals surface area contributed by atoms with E-state index in [9.17, 15) is 19.8 Å². The Bertz CT molecular complexity index is 633. The third-order valence-corrected chi connectivity index (χ3v) is 7.57. The van der Waals surface area contributed by atoms with Crippen molar-refractivity contribution in [3.8, 4) is 0 Å². The Morgan fingerprint density at radius 2 is 1.24 bits per heavy atom. The Morgan fingerprint density at radius 1 is 0.824 bits per heavy atom. The highest BCUT2D eigenvalue weighted by atomic mass is 16.6. The van der Waals surface area contributed by atoms with Gasteiger partial charge in [0.2, 0.25) is 0 Å². The van der Waals surface area contributed by atoms with E-state index in [-0.39, 0.29) is 44.1 Å². The average Bonchev–Trinajstić information content (AvgIpc) is 2.83. The van der Waals surface area contributed by atoms with Crippen LogP contribution in [0, 0.1) is 17.3 Å². The minimum atomic E-state index is -0.821. The summed E-state index contributed by atoms with van der Waals surface area (Å²) in [5, 5.41) is 19.8. The van der Waals surface area contributed by atoms with Crippen LogP contribution in [0.4, 0.5) is 0 Å². The van der Waals surface area contributed by atoms with E-state index in [0.717, 1.165) is 57.4 Å². The summed E-state index contributed by atoms with van der Waals surface area (Å²) in [7, 11) is 0. The maximum Gasteiger partial charge on any atom is 0.330 e. The summed E-state index contributed by atoms with van der Waals surface area (Å²) in [4.78, 5) is 21.9. The molecule has 0 amide bonds. The van der Waals surface area contributed by atoms with Gasteiger partial charge in [0, 0.05) is 13.0 Å². The standard InChI is InChI=1S/C26H44O8/c1-5-25(30)34-17-22(29)16-33-24-12-8-20(9-13-24)26(3,4)19-6-10-23(11-7-19)32-15-21(28)14-31-18(2)27/h5,19-24,28-29H,1,6-17H2,2-4H3. The summed E-state index contributed by atoms with van der Waals surface area (Å²) < 4.78 is 21.4. The van der Waals surface area contributed by atoms with Crippen LogP contribution >= 0.6 is 0 Å².